The molecule has 2 aromatic rings. The van der Waals surface area contributed by atoms with Crippen molar-refractivity contribution in [1.82, 2.24) is 0 Å². The van der Waals surface area contributed by atoms with Crippen molar-refractivity contribution in [3.63, 3.8) is 0 Å². The van der Waals surface area contributed by atoms with Crippen molar-refractivity contribution in [2.24, 2.45) is 0 Å². The van der Waals surface area contributed by atoms with Crippen molar-refractivity contribution in [2.75, 3.05) is 7.11 Å². The van der Waals surface area contributed by atoms with Gasteiger partial charge in [-0.25, -0.2) is 0 Å². The van der Waals surface area contributed by atoms with Crippen LogP contribution in [-0.2, 0) is 13.0 Å². The fourth-order valence-corrected chi connectivity index (χ4v) is 2.18. The Morgan fingerprint density at radius 2 is 1.71 bits per heavy atom. The molecule has 0 atom stereocenters. The van der Waals surface area contributed by atoms with E-state index < -0.39 is 0 Å². The van der Waals surface area contributed by atoms with Crippen molar-refractivity contribution in [3.8, 4) is 11.5 Å². The molecule has 110 valence electrons. The zero-order valence-electron chi connectivity index (χ0n) is 12.7. The molecule has 2 aromatic carbocycles. The molecule has 3 heteroatoms. The minimum atomic E-state index is 0.0913. The summed E-state index contributed by atoms with van der Waals surface area (Å²) in [5, 5.41) is 0. The first-order valence-electron chi connectivity index (χ1n) is 7.03. The number of carbonyl (C=O) groups is 1. The maximum atomic E-state index is 11.5. The van der Waals surface area contributed by atoms with Crippen molar-refractivity contribution in [1.29, 1.82) is 0 Å². The molecule has 0 N–H and O–H groups in total. The predicted molar refractivity (Wildman–Crippen MR) is 83.2 cm³/mol. The van der Waals surface area contributed by atoms with Crippen LogP contribution in [-0.4, -0.2) is 12.9 Å². The highest BCUT2D eigenvalue weighted by Crippen LogP contribution is 2.20. The number of Topliss-reactive ketones (excluding diaryl/α,β-unsaturated/α-hetero) is 1. The molecule has 0 aliphatic heterocycles. The van der Waals surface area contributed by atoms with Gasteiger partial charge in [-0.05, 0) is 54.8 Å². The summed E-state index contributed by atoms with van der Waals surface area (Å²) in [6.07, 6.45) is 0.814. The van der Waals surface area contributed by atoms with E-state index in [2.05, 4.69) is 0 Å². The largest absolute Gasteiger partial charge is 0.497 e. The first-order valence-corrected chi connectivity index (χ1v) is 7.03. The monoisotopic (exact) mass is 284 g/mol. The van der Waals surface area contributed by atoms with Gasteiger partial charge in [0.1, 0.15) is 18.1 Å². The lowest BCUT2D eigenvalue weighted by Crippen LogP contribution is -2.01. The van der Waals surface area contributed by atoms with Gasteiger partial charge in [0.25, 0.3) is 0 Å². The van der Waals surface area contributed by atoms with E-state index in [1.807, 2.05) is 49.4 Å². The van der Waals surface area contributed by atoms with Crippen LogP contribution in [0.2, 0.25) is 0 Å². The lowest BCUT2D eigenvalue weighted by Gasteiger charge is -2.10. The number of benzene rings is 2. The molecular formula is C18H20O3. The fourth-order valence-electron chi connectivity index (χ4n) is 2.18. The van der Waals surface area contributed by atoms with Crippen LogP contribution in [0, 0.1) is 0 Å². The van der Waals surface area contributed by atoms with Gasteiger partial charge in [0.2, 0.25) is 0 Å². The summed E-state index contributed by atoms with van der Waals surface area (Å²) < 4.78 is 10.9. The van der Waals surface area contributed by atoms with E-state index in [1.54, 1.807) is 14.0 Å². The highest BCUT2D eigenvalue weighted by Gasteiger charge is 2.07. The molecule has 0 aliphatic carbocycles. The minimum absolute atomic E-state index is 0.0913. The summed E-state index contributed by atoms with van der Waals surface area (Å²) in [4.78, 5) is 11.5. The Bertz CT molecular complexity index is 615. The van der Waals surface area contributed by atoms with Gasteiger partial charge in [-0.2, -0.15) is 0 Å². The Balaban J connectivity index is 2.07. The molecule has 0 unspecified atom stereocenters. The van der Waals surface area contributed by atoms with E-state index in [0.29, 0.717) is 6.61 Å². The first kappa shape index (κ1) is 15.1. The molecule has 0 aromatic heterocycles. The van der Waals surface area contributed by atoms with Gasteiger partial charge in [-0.3, -0.25) is 4.79 Å². The molecule has 0 fully saturated rings. The molecule has 0 bridgehead atoms. The molecular weight excluding hydrogens is 264 g/mol. The Hall–Kier alpha value is -2.29. The van der Waals surface area contributed by atoms with Gasteiger partial charge in [0.05, 0.1) is 7.11 Å². The van der Waals surface area contributed by atoms with E-state index in [4.69, 9.17) is 9.47 Å². The molecule has 3 nitrogen and oxygen atoms in total. The first-order chi connectivity index (χ1) is 10.1. The van der Waals surface area contributed by atoms with Crippen LogP contribution >= 0.6 is 0 Å². The quantitative estimate of drug-likeness (QED) is 0.751. The summed E-state index contributed by atoms with van der Waals surface area (Å²) in [5.41, 5.74) is 2.87. The fraction of sp³-hybridized carbons (Fsp3) is 0.278. The van der Waals surface area contributed by atoms with Crippen LogP contribution in [0.15, 0.2) is 42.5 Å². The standard InChI is InChI=1S/C18H20O3/c1-4-15-11-17(9-10-18(15)13(2)19)21-12-14-5-7-16(20-3)8-6-14/h5-11H,4,12H2,1-3H3. The second-order valence-corrected chi connectivity index (χ2v) is 4.87. The van der Waals surface area contributed by atoms with Crippen molar-refractivity contribution < 1.29 is 14.3 Å². The van der Waals surface area contributed by atoms with Crippen LogP contribution < -0.4 is 9.47 Å². The predicted octanol–water partition coefficient (Wildman–Crippen LogP) is 4.04. The maximum Gasteiger partial charge on any atom is 0.160 e. The topological polar surface area (TPSA) is 35.5 Å². The second kappa shape index (κ2) is 6.93. The van der Waals surface area contributed by atoms with Crippen LogP contribution in [0.25, 0.3) is 0 Å². The normalized spacial score (nSPS) is 10.2. The van der Waals surface area contributed by atoms with Crippen molar-refractivity contribution in [2.45, 2.75) is 26.9 Å². The van der Waals surface area contributed by atoms with Crippen molar-refractivity contribution >= 4 is 5.78 Å². The third-order valence-corrected chi connectivity index (χ3v) is 3.40. The van der Waals surface area contributed by atoms with E-state index >= 15 is 0 Å². The zero-order valence-corrected chi connectivity index (χ0v) is 12.7. The number of methoxy groups -OCH3 is 1. The smallest absolute Gasteiger partial charge is 0.160 e. The number of ether oxygens (including phenoxy) is 2. The minimum Gasteiger partial charge on any atom is -0.497 e. The number of hydrogen-bond donors (Lipinski definition) is 0. The number of rotatable bonds is 6. The Kier molecular flexibility index (Phi) is 4.99. The summed E-state index contributed by atoms with van der Waals surface area (Å²) in [5.74, 6) is 1.71. The lowest BCUT2D eigenvalue weighted by molar-refractivity contribution is 0.101. The molecule has 0 saturated heterocycles. The number of hydrogen-bond acceptors (Lipinski definition) is 3. The molecule has 2 rings (SSSR count). The van der Waals surface area contributed by atoms with Crippen LogP contribution in [0.3, 0.4) is 0 Å². The van der Waals surface area contributed by atoms with E-state index in [9.17, 15) is 4.79 Å². The second-order valence-electron chi connectivity index (χ2n) is 4.87. The van der Waals surface area contributed by atoms with Gasteiger partial charge in [-0.1, -0.05) is 19.1 Å². The summed E-state index contributed by atoms with van der Waals surface area (Å²) in [6, 6.07) is 13.4. The lowest BCUT2D eigenvalue weighted by atomic mass is 10.0. The van der Waals surface area contributed by atoms with E-state index in [1.165, 1.54) is 0 Å². The van der Waals surface area contributed by atoms with Gasteiger partial charge in [0, 0.05) is 5.56 Å². The SMILES string of the molecule is CCc1cc(OCc2ccc(OC)cc2)ccc1C(C)=O. The van der Waals surface area contributed by atoms with Gasteiger partial charge in [-0.15, -0.1) is 0 Å². The molecule has 0 heterocycles. The van der Waals surface area contributed by atoms with Crippen LogP contribution in [0.4, 0.5) is 0 Å². The summed E-state index contributed by atoms with van der Waals surface area (Å²) in [7, 11) is 1.65. The maximum absolute atomic E-state index is 11.5. The average molecular weight is 284 g/mol. The Morgan fingerprint density at radius 3 is 2.29 bits per heavy atom. The third-order valence-electron chi connectivity index (χ3n) is 3.40. The van der Waals surface area contributed by atoms with Crippen LogP contribution in [0.5, 0.6) is 11.5 Å². The molecule has 0 spiro atoms. The van der Waals surface area contributed by atoms with E-state index in [0.717, 1.165) is 34.6 Å². The summed E-state index contributed by atoms with van der Waals surface area (Å²) >= 11 is 0. The highest BCUT2D eigenvalue weighted by atomic mass is 16.5. The van der Waals surface area contributed by atoms with Gasteiger partial charge >= 0.3 is 0 Å². The number of aryl methyl sites for hydroxylation is 1. The Morgan fingerprint density at radius 1 is 1.05 bits per heavy atom. The molecule has 0 amide bonds. The van der Waals surface area contributed by atoms with Gasteiger partial charge in [0.15, 0.2) is 5.78 Å². The van der Waals surface area contributed by atoms with Gasteiger partial charge < -0.3 is 9.47 Å². The van der Waals surface area contributed by atoms with Crippen LogP contribution in [0.1, 0.15) is 35.3 Å². The number of carbonyl (C=O) groups excluding carboxylic acids is 1. The van der Waals surface area contributed by atoms with Crippen molar-refractivity contribution in [3.05, 3.63) is 59.2 Å². The molecule has 0 aliphatic rings. The summed E-state index contributed by atoms with van der Waals surface area (Å²) in [6.45, 7) is 4.12. The molecule has 21 heavy (non-hydrogen) atoms. The Labute approximate surface area is 125 Å². The molecule has 0 saturated carbocycles. The highest BCUT2D eigenvalue weighted by molar-refractivity contribution is 5.95. The number of ketones is 1. The molecule has 0 radical (unpaired) electrons. The third kappa shape index (κ3) is 3.85. The van der Waals surface area contributed by atoms with E-state index in [-0.39, 0.29) is 5.78 Å². The zero-order chi connectivity index (χ0) is 15.2. The average Bonchev–Trinajstić information content (AvgIpc) is 2.52.